The summed E-state index contributed by atoms with van der Waals surface area (Å²) in [6, 6.07) is 10.1. The number of benzene rings is 1. The van der Waals surface area contributed by atoms with Crippen LogP contribution in [-0.2, 0) is 11.2 Å². The molecule has 0 N–H and O–H groups in total. The SMILES string of the molecule is Cc1noc2nc(C(C)C)cc(C(=O)N3CCC4(CCCCCc5ccccc5OCCN(C)C4=O)CC3)c12. The summed E-state index contributed by atoms with van der Waals surface area (Å²) in [4.78, 5) is 36.0. The maximum absolute atomic E-state index is 13.9. The molecule has 1 fully saturated rings. The van der Waals surface area contributed by atoms with Crippen molar-refractivity contribution in [1.29, 1.82) is 0 Å². The molecule has 2 aliphatic heterocycles. The van der Waals surface area contributed by atoms with Crippen LogP contribution in [0.3, 0.4) is 0 Å². The number of ether oxygens (including phenoxy) is 1. The zero-order valence-electron chi connectivity index (χ0n) is 23.7. The van der Waals surface area contributed by atoms with Crippen molar-refractivity contribution in [2.24, 2.45) is 5.41 Å². The first-order valence-corrected chi connectivity index (χ1v) is 14.3. The number of hydrogen-bond donors (Lipinski definition) is 0. The molecular weight excluding hydrogens is 492 g/mol. The minimum atomic E-state index is -0.448. The zero-order valence-corrected chi connectivity index (χ0v) is 23.7. The summed E-state index contributed by atoms with van der Waals surface area (Å²) in [5.41, 5.74) is 3.27. The Morgan fingerprint density at radius 2 is 1.82 bits per heavy atom. The summed E-state index contributed by atoms with van der Waals surface area (Å²) >= 11 is 0. The fourth-order valence-corrected chi connectivity index (χ4v) is 6.06. The van der Waals surface area contributed by atoms with Crippen molar-refractivity contribution in [3.8, 4) is 5.75 Å². The van der Waals surface area contributed by atoms with Gasteiger partial charge in [-0.2, -0.15) is 0 Å². The summed E-state index contributed by atoms with van der Waals surface area (Å²) in [5.74, 6) is 1.21. The Kier molecular flexibility index (Phi) is 7.91. The molecule has 208 valence electrons. The van der Waals surface area contributed by atoms with Crippen molar-refractivity contribution >= 4 is 22.9 Å². The van der Waals surface area contributed by atoms with Gasteiger partial charge >= 0.3 is 0 Å². The Labute approximate surface area is 230 Å². The van der Waals surface area contributed by atoms with Gasteiger partial charge in [0.25, 0.3) is 11.6 Å². The summed E-state index contributed by atoms with van der Waals surface area (Å²) in [6.07, 6.45) is 6.29. The fraction of sp³-hybridized carbons (Fsp3) is 0.548. The molecule has 8 nitrogen and oxygen atoms in total. The minimum Gasteiger partial charge on any atom is -0.491 e. The van der Waals surface area contributed by atoms with E-state index in [1.807, 2.05) is 55.8 Å². The van der Waals surface area contributed by atoms with E-state index in [-0.39, 0.29) is 17.7 Å². The number of likely N-dealkylation sites (tertiary alicyclic amines) is 1. The molecule has 4 heterocycles. The number of fused-ring (bicyclic) bond motifs is 2. The van der Waals surface area contributed by atoms with Crippen LogP contribution in [0.1, 0.15) is 85.6 Å². The number of amides is 2. The van der Waals surface area contributed by atoms with Crippen LogP contribution in [0.5, 0.6) is 5.75 Å². The number of carbonyl (C=O) groups excluding carboxylic acids is 2. The molecule has 2 aromatic heterocycles. The van der Waals surface area contributed by atoms with E-state index in [2.05, 4.69) is 22.3 Å². The molecule has 0 radical (unpaired) electrons. The molecule has 2 amide bonds. The van der Waals surface area contributed by atoms with Gasteiger partial charge in [0.05, 0.1) is 28.6 Å². The monoisotopic (exact) mass is 532 g/mol. The summed E-state index contributed by atoms with van der Waals surface area (Å²) in [6.45, 7) is 8.04. The lowest BCUT2D eigenvalue weighted by Crippen LogP contribution is -2.51. The van der Waals surface area contributed by atoms with Gasteiger partial charge in [-0.15, -0.1) is 0 Å². The van der Waals surface area contributed by atoms with Crippen LogP contribution in [0.2, 0.25) is 0 Å². The van der Waals surface area contributed by atoms with E-state index < -0.39 is 5.41 Å². The number of hydrogen-bond acceptors (Lipinski definition) is 6. The van der Waals surface area contributed by atoms with Crippen LogP contribution in [0.25, 0.3) is 11.1 Å². The second-order valence-electron chi connectivity index (χ2n) is 11.5. The summed E-state index contributed by atoms with van der Waals surface area (Å²) in [5, 5.41) is 4.76. The normalized spacial score (nSPS) is 18.8. The van der Waals surface area contributed by atoms with Crippen molar-refractivity contribution in [3.05, 3.63) is 52.8 Å². The standard InChI is InChI=1S/C31H40N4O4/c1-21(2)25-20-24(27-22(3)33-39-28(27)32-25)29(36)35-16-14-31(15-17-35)13-9-5-6-10-23-11-7-8-12-26(23)38-19-18-34(4)30(31)37/h7-8,11-12,20-21H,5-6,9-10,13-19H2,1-4H3. The quantitative estimate of drug-likeness (QED) is 0.431. The van der Waals surface area contributed by atoms with Crippen molar-refractivity contribution in [2.75, 3.05) is 33.3 Å². The molecule has 0 saturated carbocycles. The average molecular weight is 533 g/mol. The highest BCUT2D eigenvalue weighted by atomic mass is 16.5. The maximum Gasteiger partial charge on any atom is 0.259 e. The number of carbonyl (C=O) groups is 2. The van der Waals surface area contributed by atoms with E-state index in [0.717, 1.165) is 43.5 Å². The average Bonchev–Trinajstić information content (AvgIpc) is 3.32. The van der Waals surface area contributed by atoms with Gasteiger partial charge in [0, 0.05) is 25.8 Å². The Bertz CT molecular complexity index is 1340. The topological polar surface area (TPSA) is 88.8 Å². The van der Waals surface area contributed by atoms with Crippen molar-refractivity contribution in [2.45, 2.75) is 71.6 Å². The molecule has 0 bridgehead atoms. The van der Waals surface area contributed by atoms with Gasteiger partial charge in [0.2, 0.25) is 5.91 Å². The molecular formula is C31H40N4O4. The Morgan fingerprint density at radius 1 is 1.05 bits per heavy atom. The van der Waals surface area contributed by atoms with E-state index >= 15 is 0 Å². The highest BCUT2D eigenvalue weighted by molar-refractivity contribution is 6.06. The second kappa shape index (κ2) is 11.4. The number of piperidine rings is 1. The van der Waals surface area contributed by atoms with Crippen LogP contribution in [-0.4, -0.2) is 65.0 Å². The largest absolute Gasteiger partial charge is 0.491 e. The van der Waals surface area contributed by atoms with E-state index in [1.165, 1.54) is 5.56 Å². The van der Waals surface area contributed by atoms with Gasteiger partial charge in [-0.3, -0.25) is 9.59 Å². The Hall–Kier alpha value is -3.42. The third-order valence-electron chi connectivity index (χ3n) is 8.53. The van der Waals surface area contributed by atoms with Gasteiger partial charge in [-0.1, -0.05) is 50.0 Å². The first kappa shape index (κ1) is 27.2. The number of aryl methyl sites for hydroxylation is 2. The molecule has 0 atom stereocenters. The smallest absolute Gasteiger partial charge is 0.259 e. The third-order valence-corrected chi connectivity index (χ3v) is 8.53. The number of likely N-dealkylation sites (N-methyl/N-ethyl adjacent to an activating group) is 1. The predicted octanol–water partition coefficient (Wildman–Crippen LogP) is 5.53. The zero-order chi connectivity index (χ0) is 27.6. The number of pyridine rings is 1. The molecule has 1 spiro atoms. The van der Waals surface area contributed by atoms with E-state index in [9.17, 15) is 9.59 Å². The summed E-state index contributed by atoms with van der Waals surface area (Å²) < 4.78 is 11.5. The van der Waals surface area contributed by atoms with Crippen molar-refractivity contribution < 1.29 is 18.8 Å². The van der Waals surface area contributed by atoms with Gasteiger partial charge in [0.1, 0.15) is 12.4 Å². The molecule has 2 aliphatic rings. The van der Waals surface area contributed by atoms with Gasteiger partial charge in [-0.25, -0.2) is 4.98 Å². The Morgan fingerprint density at radius 3 is 2.59 bits per heavy atom. The van der Waals surface area contributed by atoms with E-state index in [1.54, 1.807) is 0 Å². The minimum absolute atomic E-state index is 0.0398. The molecule has 0 unspecified atom stereocenters. The molecule has 1 aromatic carbocycles. The lowest BCUT2D eigenvalue weighted by Gasteiger charge is -2.42. The van der Waals surface area contributed by atoms with Crippen LogP contribution in [0.15, 0.2) is 34.9 Å². The lowest BCUT2D eigenvalue weighted by atomic mass is 9.73. The first-order chi connectivity index (χ1) is 18.8. The van der Waals surface area contributed by atoms with Gasteiger partial charge in [0.15, 0.2) is 0 Å². The molecule has 1 saturated heterocycles. The van der Waals surface area contributed by atoms with E-state index in [0.29, 0.717) is 61.4 Å². The fourth-order valence-electron chi connectivity index (χ4n) is 6.06. The van der Waals surface area contributed by atoms with Crippen LogP contribution < -0.4 is 4.74 Å². The van der Waals surface area contributed by atoms with Gasteiger partial charge in [-0.05, 0) is 62.6 Å². The number of rotatable bonds is 2. The maximum atomic E-state index is 13.9. The molecule has 39 heavy (non-hydrogen) atoms. The highest BCUT2D eigenvalue weighted by Gasteiger charge is 2.43. The Balaban J connectivity index is 1.33. The van der Waals surface area contributed by atoms with E-state index in [4.69, 9.17) is 9.26 Å². The molecule has 5 rings (SSSR count). The molecule has 8 heteroatoms. The second-order valence-corrected chi connectivity index (χ2v) is 11.5. The summed E-state index contributed by atoms with van der Waals surface area (Å²) in [7, 11) is 1.88. The van der Waals surface area contributed by atoms with Gasteiger partial charge < -0.3 is 19.1 Å². The van der Waals surface area contributed by atoms with Crippen molar-refractivity contribution in [3.63, 3.8) is 0 Å². The molecule has 0 aliphatic carbocycles. The van der Waals surface area contributed by atoms with Crippen LogP contribution in [0, 0.1) is 12.3 Å². The van der Waals surface area contributed by atoms with Crippen LogP contribution in [0.4, 0.5) is 0 Å². The van der Waals surface area contributed by atoms with Crippen molar-refractivity contribution in [1.82, 2.24) is 19.9 Å². The molecule has 3 aromatic rings. The number of para-hydroxylation sites is 1. The first-order valence-electron chi connectivity index (χ1n) is 14.3. The number of aromatic nitrogens is 2. The van der Waals surface area contributed by atoms with Crippen LogP contribution >= 0.6 is 0 Å². The number of nitrogens with zero attached hydrogens (tertiary/aromatic N) is 4. The lowest BCUT2D eigenvalue weighted by molar-refractivity contribution is -0.144. The third kappa shape index (κ3) is 5.52. The highest BCUT2D eigenvalue weighted by Crippen LogP contribution is 2.40. The predicted molar refractivity (Wildman–Crippen MR) is 150 cm³/mol.